The number of thiophene rings is 1. The summed E-state index contributed by atoms with van der Waals surface area (Å²) in [5.74, 6) is -0.950. The van der Waals surface area contributed by atoms with E-state index in [9.17, 15) is 23.2 Å². The van der Waals surface area contributed by atoms with Crippen molar-refractivity contribution in [3.8, 4) is 0 Å². The van der Waals surface area contributed by atoms with Gasteiger partial charge in [0.15, 0.2) is 0 Å². The van der Waals surface area contributed by atoms with Crippen LogP contribution in [0.4, 0.5) is 19.5 Å². The van der Waals surface area contributed by atoms with Crippen molar-refractivity contribution in [3.05, 3.63) is 45.6 Å². The number of imidazole rings is 1. The quantitative estimate of drug-likeness (QED) is 0.421. The van der Waals surface area contributed by atoms with E-state index in [1.807, 2.05) is 0 Å². The number of esters is 1. The lowest BCUT2D eigenvalue weighted by molar-refractivity contribution is 0.0214. The van der Waals surface area contributed by atoms with Crippen LogP contribution in [-0.4, -0.2) is 57.7 Å². The highest BCUT2D eigenvalue weighted by Gasteiger charge is 2.33. The van der Waals surface area contributed by atoms with Crippen molar-refractivity contribution in [2.75, 3.05) is 19.0 Å². The second kappa shape index (κ2) is 10.4. The van der Waals surface area contributed by atoms with Gasteiger partial charge in [-0.25, -0.2) is 23.4 Å². The van der Waals surface area contributed by atoms with Crippen molar-refractivity contribution in [1.29, 1.82) is 0 Å². The summed E-state index contributed by atoms with van der Waals surface area (Å²) in [6.45, 7) is 6.24. The molecular formula is C25H28F2N4O5S. The molecule has 37 heavy (non-hydrogen) atoms. The van der Waals surface area contributed by atoms with E-state index in [-0.39, 0.29) is 27.3 Å². The van der Waals surface area contributed by atoms with Crippen molar-refractivity contribution >= 4 is 46.3 Å². The third-order valence-electron chi connectivity index (χ3n) is 5.86. The molecule has 0 aliphatic carbocycles. The largest absolute Gasteiger partial charge is 0.465 e. The number of ether oxygens (including phenoxy) is 2. The Hall–Kier alpha value is -3.54. The normalized spacial score (nSPS) is 15.9. The number of halogens is 2. The standard InChI is InChI=1S/C25H28F2N4O5S/c1-25(2,3)36-24(34)30-11-5-6-15(30)13-31-17-8-7-14(22(33)35-4)12-16(17)28-23(31)29-21(32)19-10-9-18(37-19)20(26)27/h7-10,12,15,20H,5-6,11,13H2,1-4H3,(H,28,29,32). The highest BCUT2D eigenvalue weighted by molar-refractivity contribution is 7.14. The fourth-order valence-electron chi connectivity index (χ4n) is 4.21. The molecule has 12 heteroatoms. The zero-order valence-electron chi connectivity index (χ0n) is 20.9. The maximum atomic E-state index is 13.0. The van der Waals surface area contributed by atoms with Gasteiger partial charge in [-0.05, 0) is 63.9 Å². The van der Waals surface area contributed by atoms with Crippen molar-refractivity contribution < 1.29 is 32.6 Å². The fraction of sp³-hybridized carbons (Fsp3) is 0.440. The Labute approximate surface area is 216 Å². The first-order valence-electron chi connectivity index (χ1n) is 11.7. The van der Waals surface area contributed by atoms with Crippen molar-refractivity contribution in [3.63, 3.8) is 0 Å². The van der Waals surface area contributed by atoms with Gasteiger partial charge in [-0.2, -0.15) is 0 Å². The van der Waals surface area contributed by atoms with Crippen LogP contribution >= 0.6 is 11.3 Å². The van der Waals surface area contributed by atoms with E-state index < -0.39 is 30.0 Å². The number of carbonyl (C=O) groups excluding carboxylic acids is 3. The molecule has 198 valence electrons. The Kier molecular flexibility index (Phi) is 7.49. The maximum absolute atomic E-state index is 13.0. The van der Waals surface area contributed by atoms with Gasteiger partial charge in [0.25, 0.3) is 12.3 Å². The first-order valence-corrected chi connectivity index (χ1v) is 12.6. The van der Waals surface area contributed by atoms with Gasteiger partial charge in [0.05, 0.1) is 39.5 Å². The number of methoxy groups -OCH3 is 1. The molecule has 2 amide bonds. The van der Waals surface area contributed by atoms with Gasteiger partial charge in [-0.1, -0.05) is 0 Å². The molecule has 0 saturated carbocycles. The molecule has 1 aliphatic heterocycles. The summed E-state index contributed by atoms with van der Waals surface area (Å²) in [7, 11) is 1.27. The molecule has 1 atom stereocenters. The minimum absolute atomic E-state index is 0.111. The van der Waals surface area contributed by atoms with Crippen LogP contribution in [0, 0.1) is 0 Å². The Bertz CT molecular complexity index is 1330. The molecule has 3 aromatic rings. The van der Waals surface area contributed by atoms with E-state index in [1.165, 1.54) is 19.2 Å². The van der Waals surface area contributed by atoms with Crippen LogP contribution < -0.4 is 5.32 Å². The molecule has 2 aromatic heterocycles. The minimum Gasteiger partial charge on any atom is -0.465 e. The van der Waals surface area contributed by atoms with Gasteiger partial charge < -0.3 is 18.9 Å². The first kappa shape index (κ1) is 26.5. The van der Waals surface area contributed by atoms with Crippen LogP contribution in [0.1, 0.15) is 64.9 Å². The SMILES string of the molecule is COC(=O)c1ccc2c(c1)nc(NC(=O)c1ccc(C(F)F)s1)n2CC1CCCN1C(=O)OC(C)(C)C. The number of anilines is 1. The van der Waals surface area contributed by atoms with E-state index in [2.05, 4.69) is 10.3 Å². The Morgan fingerprint density at radius 3 is 2.62 bits per heavy atom. The average molecular weight is 535 g/mol. The lowest BCUT2D eigenvalue weighted by Gasteiger charge is -2.29. The van der Waals surface area contributed by atoms with Crippen LogP contribution in [-0.2, 0) is 16.0 Å². The minimum atomic E-state index is -2.67. The monoisotopic (exact) mass is 534 g/mol. The molecule has 1 aromatic carbocycles. The van der Waals surface area contributed by atoms with E-state index in [4.69, 9.17) is 9.47 Å². The van der Waals surface area contributed by atoms with Gasteiger partial charge >= 0.3 is 12.1 Å². The lowest BCUT2D eigenvalue weighted by atomic mass is 10.2. The van der Waals surface area contributed by atoms with Gasteiger partial charge in [-0.3, -0.25) is 10.1 Å². The van der Waals surface area contributed by atoms with Crippen LogP contribution in [0.15, 0.2) is 30.3 Å². The second-order valence-electron chi connectivity index (χ2n) is 9.67. The van der Waals surface area contributed by atoms with Crippen LogP contribution in [0.2, 0.25) is 0 Å². The number of nitrogens with one attached hydrogen (secondary N) is 1. The number of carbonyl (C=O) groups is 3. The summed E-state index contributed by atoms with van der Waals surface area (Å²) in [5, 5.41) is 2.72. The highest BCUT2D eigenvalue weighted by Crippen LogP contribution is 2.30. The Morgan fingerprint density at radius 1 is 1.22 bits per heavy atom. The maximum Gasteiger partial charge on any atom is 0.410 e. The third kappa shape index (κ3) is 5.90. The number of benzene rings is 1. The second-order valence-corrected chi connectivity index (χ2v) is 10.8. The molecule has 1 saturated heterocycles. The number of aromatic nitrogens is 2. The number of nitrogens with zero attached hydrogens (tertiary/aromatic N) is 3. The summed E-state index contributed by atoms with van der Waals surface area (Å²) in [6.07, 6.45) is -1.59. The number of rotatable bonds is 6. The zero-order valence-corrected chi connectivity index (χ0v) is 21.7. The molecule has 1 unspecified atom stereocenters. The summed E-state index contributed by atoms with van der Waals surface area (Å²) < 4.78 is 38.2. The number of hydrogen-bond acceptors (Lipinski definition) is 7. The van der Waals surface area contributed by atoms with Crippen LogP contribution in [0.5, 0.6) is 0 Å². The number of amides is 2. The number of likely N-dealkylation sites (tertiary alicyclic amines) is 1. The van der Waals surface area contributed by atoms with Crippen molar-refractivity contribution in [1.82, 2.24) is 14.5 Å². The molecule has 1 aliphatic rings. The van der Waals surface area contributed by atoms with Crippen LogP contribution in [0.25, 0.3) is 11.0 Å². The lowest BCUT2D eigenvalue weighted by Crippen LogP contribution is -2.41. The zero-order chi connectivity index (χ0) is 26.9. The molecule has 0 radical (unpaired) electrons. The molecule has 0 spiro atoms. The van der Waals surface area contributed by atoms with Gasteiger partial charge in [0.1, 0.15) is 5.60 Å². The molecule has 4 rings (SSSR count). The number of alkyl halides is 2. The predicted octanol–water partition coefficient (Wildman–Crippen LogP) is 5.47. The molecule has 9 nitrogen and oxygen atoms in total. The summed E-state index contributed by atoms with van der Waals surface area (Å²) in [6, 6.07) is 7.16. The predicted molar refractivity (Wildman–Crippen MR) is 134 cm³/mol. The number of fused-ring (bicyclic) bond motifs is 1. The smallest absolute Gasteiger partial charge is 0.410 e. The third-order valence-corrected chi connectivity index (χ3v) is 6.95. The van der Waals surface area contributed by atoms with Gasteiger partial charge in [0.2, 0.25) is 5.95 Å². The van der Waals surface area contributed by atoms with Crippen molar-refractivity contribution in [2.24, 2.45) is 0 Å². The van der Waals surface area contributed by atoms with E-state index in [0.29, 0.717) is 35.5 Å². The highest BCUT2D eigenvalue weighted by atomic mass is 32.1. The Morgan fingerprint density at radius 2 is 1.97 bits per heavy atom. The van der Waals surface area contributed by atoms with E-state index in [1.54, 1.807) is 48.4 Å². The van der Waals surface area contributed by atoms with Gasteiger partial charge in [0, 0.05) is 13.1 Å². The molecule has 0 bridgehead atoms. The summed E-state index contributed by atoms with van der Waals surface area (Å²) in [5.41, 5.74) is 0.694. The topological polar surface area (TPSA) is 103 Å². The summed E-state index contributed by atoms with van der Waals surface area (Å²) >= 11 is 0.703. The number of hydrogen-bond donors (Lipinski definition) is 1. The van der Waals surface area contributed by atoms with Crippen molar-refractivity contribution in [2.45, 2.75) is 58.2 Å². The van der Waals surface area contributed by atoms with Crippen LogP contribution in [0.3, 0.4) is 0 Å². The Balaban J connectivity index is 1.68. The molecule has 1 N–H and O–H groups in total. The van der Waals surface area contributed by atoms with E-state index >= 15 is 0 Å². The average Bonchev–Trinajstić information content (AvgIpc) is 3.56. The molecule has 1 fully saturated rings. The first-order chi connectivity index (χ1) is 17.5. The van der Waals surface area contributed by atoms with E-state index in [0.717, 1.165) is 12.8 Å². The fourth-order valence-corrected chi connectivity index (χ4v) is 4.97. The molecule has 3 heterocycles. The molecular weight excluding hydrogens is 506 g/mol. The van der Waals surface area contributed by atoms with Gasteiger partial charge in [-0.15, -0.1) is 11.3 Å². The summed E-state index contributed by atoms with van der Waals surface area (Å²) in [4.78, 5) is 43.8.